The molecule has 0 aliphatic carbocycles. The summed E-state index contributed by atoms with van der Waals surface area (Å²) in [6, 6.07) is 0. The Balaban J connectivity index is -0.000000252. The fourth-order valence-electron chi connectivity index (χ4n) is 1.46. The van der Waals surface area contributed by atoms with E-state index in [0.29, 0.717) is 12.3 Å². The van der Waals surface area contributed by atoms with Crippen molar-refractivity contribution in [2.75, 3.05) is 27.8 Å². The standard InChI is InChI=1S/C7H15NO.C6H14O.C6H14/c1-6(2)5-7(9)8(3)4;1-6(2)4-5-7-3;1-4-5-6(2)3/h6H,5H2,1-4H3;6H,4-5H2,1-3H3;6H,4-5H2,1-3H3. The van der Waals surface area contributed by atoms with Crippen molar-refractivity contribution in [3.05, 3.63) is 0 Å². The molecule has 0 saturated heterocycles. The molecule has 0 spiro atoms. The molecule has 0 radical (unpaired) electrons. The van der Waals surface area contributed by atoms with Crippen LogP contribution >= 0.6 is 0 Å². The number of hydrogen-bond acceptors (Lipinski definition) is 2. The molecule has 0 aliphatic heterocycles. The molecule has 3 heteroatoms. The van der Waals surface area contributed by atoms with Gasteiger partial charge < -0.3 is 9.64 Å². The van der Waals surface area contributed by atoms with E-state index in [1.165, 1.54) is 19.3 Å². The zero-order chi connectivity index (χ0) is 18.1. The third-order valence-electron chi connectivity index (χ3n) is 2.85. The topological polar surface area (TPSA) is 29.5 Å². The van der Waals surface area contributed by atoms with Gasteiger partial charge in [-0.05, 0) is 24.2 Å². The van der Waals surface area contributed by atoms with E-state index in [-0.39, 0.29) is 5.91 Å². The van der Waals surface area contributed by atoms with Gasteiger partial charge in [-0.1, -0.05) is 61.3 Å². The van der Waals surface area contributed by atoms with Crippen molar-refractivity contribution in [1.29, 1.82) is 0 Å². The Kier molecular flexibility index (Phi) is 22.1. The molecule has 3 nitrogen and oxygen atoms in total. The van der Waals surface area contributed by atoms with Crippen molar-refractivity contribution < 1.29 is 9.53 Å². The molecular formula is C19H43NO2. The highest BCUT2D eigenvalue weighted by atomic mass is 16.5. The Bertz CT molecular complexity index is 223. The number of hydrogen-bond donors (Lipinski definition) is 0. The van der Waals surface area contributed by atoms with Gasteiger partial charge in [0.1, 0.15) is 0 Å². The lowest BCUT2D eigenvalue weighted by Crippen LogP contribution is -2.22. The number of carbonyl (C=O) groups excluding carboxylic acids is 1. The number of carbonyl (C=O) groups is 1. The molecule has 0 atom stereocenters. The van der Waals surface area contributed by atoms with Gasteiger partial charge >= 0.3 is 0 Å². The minimum Gasteiger partial charge on any atom is -0.385 e. The average molecular weight is 318 g/mol. The molecule has 0 fully saturated rings. The molecule has 0 unspecified atom stereocenters. The molecule has 0 saturated carbocycles. The molecule has 22 heavy (non-hydrogen) atoms. The van der Waals surface area contributed by atoms with E-state index in [1.807, 2.05) is 13.8 Å². The average Bonchev–Trinajstić information content (AvgIpc) is 2.36. The van der Waals surface area contributed by atoms with E-state index >= 15 is 0 Å². The summed E-state index contributed by atoms with van der Waals surface area (Å²) in [5.41, 5.74) is 0. The quantitative estimate of drug-likeness (QED) is 0.642. The van der Waals surface area contributed by atoms with Crippen LogP contribution in [-0.4, -0.2) is 38.6 Å². The lowest BCUT2D eigenvalue weighted by Gasteiger charge is -2.10. The second-order valence-corrected chi connectivity index (χ2v) is 7.24. The highest BCUT2D eigenvalue weighted by Gasteiger charge is 2.04. The number of methoxy groups -OCH3 is 1. The van der Waals surface area contributed by atoms with Gasteiger partial charge in [0.05, 0.1) is 0 Å². The Labute approximate surface area is 140 Å². The monoisotopic (exact) mass is 317 g/mol. The first-order valence-electron chi connectivity index (χ1n) is 8.77. The zero-order valence-electron chi connectivity index (χ0n) is 17.0. The smallest absolute Gasteiger partial charge is 0.222 e. The predicted molar refractivity (Wildman–Crippen MR) is 99.2 cm³/mol. The van der Waals surface area contributed by atoms with E-state index in [0.717, 1.165) is 18.4 Å². The molecule has 0 bridgehead atoms. The Hall–Kier alpha value is -0.570. The highest BCUT2D eigenvalue weighted by molar-refractivity contribution is 5.75. The van der Waals surface area contributed by atoms with E-state index < -0.39 is 0 Å². The third-order valence-corrected chi connectivity index (χ3v) is 2.85. The van der Waals surface area contributed by atoms with Gasteiger partial charge in [-0.15, -0.1) is 0 Å². The fraction of sp³-hybridized carbons (Fsp3) is 0.947. The maximum atomic E-state index is 10.9. The lowest BCUT2D eigenvalue weighted by atomic mass is 10.1. The van der Waals surface area contributed by atoms with Crippen molar-refractivity contribution in [1.82, 2.24) is 4.90 Å². The number of nitrogens with zero attached hydrogens (tertiary/aromatic N) is 1. The highest BCUT2D eigenvalue weighted by Crippen LogP contribution is 2.01. The summed E-state index contributed by atoms with van der Waals surface area (Å²) in [5.74, 6) is 2.36. The number of rotatable bonds is 7. The first-order chi connectivity index (χ1) is 10.1. The summed E-state index contributed by atoms with van der Waals surface area (Å²) in [6.07, 6.45) is 4.54. The summed E-state index contributed by atoms with van der Waals surface area (Å²) in [4.78, 5) is 12.5. The first kappa shape index (κ1) is 26.3. The van der Waals surface area contributed by atoms with Gasteiger partial charge in [-0.3, -0.25) is 4.79 Å². The van der Waals surface area contributed by atoms with Crippen molar-refractivity contribution in [3.63, 3.8) is 0 Å². The second kappa shape index (κ2) is 18.5. The Morgan fingerprint density at radius 3 is 1.45 bits per heavy atom. The summed E-state index contributed by atoms with van der Waals surface area (Å²) in [5, 5.41) is 0. The van der Waals surface area contributed by atoms with Crippen LogP contribution in [0.1, 0.15) is 74.1 Å². The van der Waals surface area contributed by atoms with Crippen LogP contribution in [0.2, 0.25) is 0 Å². The van der Waals surface area contributed by atoms with E-state index in [1.54, 1.807) is 26.1 Å². The Morgan fingerprint density at radius 1 is 0.909 bits per heavy atom. The van der Waals surface area contributed by atoms with Crippen molar-refractivity contribution in [2.45, 2.75) is 74.1 Å². The van der Waals surface area contributed by atoms with Gasteiger partial charge in [0.15, 0.2) is 0 Å². The summed E-state index contributed by atoms with van der Waals surface area (Å²) < 4.78 is 4.85. The maximum absolute atomic E-state index is 10.9. The molecule has 0 aliphatic rings. The molecule has 0 heterocycles. The maximum Gasteiger partial charge on any atom is 0.222 e. The van der Waals surface area contributed by atoms with Crippen molar-refractivity contribution >= 4 is 5.91 Å². The summed E-state index contributed by atoms with van der Waals surface area (Å²) >= 11 is 0. The van der Waals surface area contributed by atoms with Crippen LogP contribution in [0.15, 0.2) is 0 Å². The van der Waals surface area contributed by atoms with Crippen LogP contribution in [0.25, 0.3) is 0 Å². The van der Waals surface area contributed by atoms with Crippen LogP contribution in [0, 0.1) is 17.8 Å². The second-order valence-electron chi connectivity index (χ2n) is 7.24. The van der Waals surface area contributed by atoms with Gasteiger partial charge in [0.25, 0.3) is 0 Å². The zero-order valence-corrected chi connectivity index (χ0v) is 17.0. The molecule has 0 N–H and O–H groups in total. The van der Waals surface area contributed by atoms with Gasteiger partial charge in [0, 0.05) is 34.2 Å². The van der Waals surface area contributed by atoms with Crippen LogP contribution in [0.5, 0.6) is 0 Å². The largest absolute Gasteiger partial charge is 0.385 e. The fourth-order valence-corrected chi connectivity index (χ4v) is 1.46. The molecule has 0 aromatic rings. The Morgan fingerprint density at radius 2 is 1.36 bits per heavy atom. The molecule has 1 amide bonds. The van der Waals surface area contributed by atoms with Crippen LogP contribution in [-0.2, 0) is 9.53 Å². The first-order valence-corrected chi connectivity index (χ1v) is 8.77. The number of amides is 1. The van der Waals surface area contributed by atoms with Crippen LogP contribution < -0.4 is 0 Å². The SMILES string of the molecule is CC(C)CC(=O)N(C)C.CCCC(C)C.COCCC(C)C. The van der Waals surface area contributed by atoms with E-state index in [9.17, 15) is 4.79 Å². The summed E-state index contributed by atoms with van der Waals surface area (Å²) in [6.45, 7) is 16.1. The minimum absolute atomic E-state index is 0.213. The molecular weight excluding hydrogens is 274 g/mol. The lowest BCUT2D eigenvalue weighted by molar-refractivity contribution is -0.129. The predicted octanol–water partition coefficient (Wildman–Crippen LogP) is 5.24. The molecule has 136 valence electrons. The van der Waals surface area contributed by atoms with Gasteiger partial charge in [-0.25, -0.2) is 0 Å². The molecule has 0 aromatic heterocycles. The van der Waals surface area contributed by atoms with Crippen molar-refractivity contribution in [2.24, 2.45) is 17.8 Å². The van der Waals surface area contributed by atoms with Crippen LogP contribution in [0.4, 0.5) is 0 Å². The normalized spacial score (nSPS) is 10.0. The van der Waals surface area contributed by atoms with Gasteiger partial charge in [0.2, 0.25) is 5.91 Å². The molecule has 0 rings (SSSR count). The van der Waals surface area contributed by atoms with E-state index in [4.69, 9.17) is 4.74 Å². The van der Waals surface area contributed by atoms with E-state index in [2.05, 4.69) is 34.6 Å². The van der Waals surface area contributed by atoms with Crippen LogP contribution in [0.3, 0.4) is 0 Å². The minimum atomic E-state index is 0.213. The molecule has 0 aromatic carbocycles. The van der Waals surface area contributed by atoms with Gasteiger partial charge in [-0.2, -0.15) is 0 Å². The number of ether oxygens (including phenoxy) is 1. The third kappa shape index (κ3) is 31.7. The summed E-state index contributed by atoms with van der Waals surface area (Å²) in [7, 11) is 5.30. The van der Waals surface area contributed by atoms with Crippen molar-refractivity contribution in [3.8, 4) is 0 Å².